The lowest BCUT2D eigenvalue weighted by Crippen LogP contribution is -2.25. The number of benzene rings is 2. The molecule has 0 saturated carbocycles. The lowest BCUT2D eigenvalue weighted by Gasteiger charge is -2.11. The van der Waals surface area contributed by atoms with Crippen molar-refractivity contribution in [1.29, 1.82) is 0 Å². The van der Waals surface area contributed by atoms with E-state index in [9.17, 15) is 27.9 Å². The first-order valence-electron chi connectivity index (χ1n) is 10.3. The molecule has 0 unspecified atom stereocenters. The highest BCUT2D eigenvalue weighted by Gasteiger charge is 2.31. The van der Waals surface area contributed by atoms with Gasteiger partial charge in [0.05, 0.1) is 23.5 Å². The number of hydrogen-bond acceptors (Lipinski definition) is 5. The molecule has 0 bridgehead atoms. The molecule has 2 heterocycles. The number of carbonyl (C=O) groups excluding carboxylic acids is 1. The standard InChI is InChI=1S/C24H19F3N4O4/c1-15-22(33)31(18-7-9-19(10-8-18)35-24(25,26)27)23(34)30(15)14-16-11-12-28-13-20(16)21(32)29-17-5-3-2-4-6-17/h2-13,33H,14H2,1H3,(H,29,32). The molecule has 2 N–H and O–H groups in total. The van der Waals surface area contributed by atoms with Crippen LogP contribution < -0.4 is 15.7 Å². The molecule has 0 fully saturated rings. The molecule has 180 valence electrons. The van der Waals surface area contributed by atoms with Gasteiger partial charge in [0.2, 0.25) is 5.88 Å². The fourth-order valence-electron chi connectivity index (χ4n) is 3.51. The molecule has 0 radical (unpaired) electrons. The minimum Gasteiger partial charge on any atom is -0.493 e. The number of para-hydroxylation sites is 1. The van der Waals surface area contributed by atoms with Crippen molar-refractivity contribution in [2.75, 3.05) is 5.32 Å². The summed E-state index contributed by atoms with van der Waals surface area (Å²) in [6, 6.07) is 14.9. The van der Waals surface area contributed by atoms with Crippen LogP contribution in [0.4, 0.5) is 18.9 Å². The van der Waals surface area contributed by atoms with Crippen molar-refractivity contribution in [2.45, 2.75) is 19.8 Å². The van der Waals surface area contributed by atoms with Gasteiger partial charge in [-0.2, -0.15) is 0 Å². The van der Waals surface area contributed by atoms with E-state index in [1.54, 1.807) is 30.3 Å². The zero-order valence-electron chi connectivity index (χ0n) is 18.3. The fourth-order valence-corrected chi connectivity index (χ4v) is 3.51. The Balaban J connectivity index is 1.64. The lowest BCUT2D eigenvalue weighted by atomic mass is 10.1. The second kappa shape index (κ2) is 9.37. The third kappa shape index (κ3) is 5.18. The highest BCUT2D eigenvalue weighted by Crippen LogP contribution is 2.26. The van der Waals surface area contributed by atoms with Crippen molar-refractivity contribution in [3.8, 4) is 17.3 Å². The van der Waals surface area contributed by atoms with Gasteiger partial charge < -0.3 is 15.2 Å². The van der Waals surface area contributed by atoms with Crippen LogP contribution >= 0.6 is 0 Å². The molecule has 35 heavy (non-hydrogen) atoms. The normalized spacial score (nSPS) is 11.3. The number of nitrogens with zero attached hydrogens (tertiary/aromatic N) is 3. The number of anilines is 1. The molecule has 4 rings (SSSR count). The number of ether oxygens (including phenoxy) is 1. The summed E-state index contributed by atoms with van der Waals surface area (Å²) in [5.41, 5.74) is 1.00. The Morgan fingerprint density at radius 3 is 2.43 bits per heavy atom. The smallest absolute Gasteiger partial charge is 0.493 e. The lowest BCUT2D eigenvalue weighted by molar-refractivity contribution is -0.274. The zero-order valence-corrected chi connectivity index (χ0v) is 18.3. The molecule has 2 aromatic heterocycles. The van der Waals surface area contributed by atoms with Crippen molar-refractivity contribution < 1.29 is 27.8 Å². The van der Waals surface area contributed by atoms with Crippen LogP contribution in [0.1, 0.15) is 21.6 Å². The summed E-state index contributed by atoms with van der Waals surface area (Å²) in [4.78, 5) is 30.0. The van der Waals surface area contributed by atoms with Gasteiger partial charge in [0.1, 0.15) is 5.75 Å². The van der Waals surface area contributed by atoms with Crippen molar-refractivity contribution in [2.24, 2.45) is 0 Å². The van der Waals surface area contributed by atoms with E-state index in [1.165, 1.54) is 36.0 Å². The molecule has 0 aliphatic carbocycles. The second-order valence-corrected chi connectivity index (χ2v) is 7.51. The highest BCUT2D eigenvalue weighted by molar-refractivity contribution is 6.05. The van der Waals surface area contributed by atoms with Crippen molar-refractivity contribution >= 4 is 11.6 Å². The first kappa shape index (κ1) is 23.6. The van der Waals surface area contributed by atoms with Crippen LogP contribution in [0.5, 0.6) is 11.6 Å². The molecule has 0 aliphatic heterocycles. The SMILES string of the molecule is Cc1c(O)n(-c2ccc(OC(F)(F)F)cc2)c(=O)n1Cc1ccncc1C(=O)Nc1ccccc1. The Morgan fingerprint density at radius 1 is 1.09 bits per heavy atom. The molecule has 11 heteroatoms. The summed E-state index contributed by atoms with van der Waals surface area (Å²) in [5.74, 6) is -1.27. The van der Waals surface area contributed by atoms with Crippen LogP contribution in [0, 0.1) is 6.92 Å². The van der Waals surface area contributed by atoms with Crippen molar-refractivity contribution in [3.63, 3.8) is 0 Å². The molecular formula is C24H19F3N4O4. The number of aromatic nitrogens is 3. The predicted octanol–water partition coefficient (Wildman–Crippen LogP) is 4.25. The first-order valence-corrected chi connectivity index (χ1v) is 10.3. The number of aromatic hydroxyl groups is 1. The van der Waals surface area contributed by atoms with Gasteiger partial charge in [0.25, 0.3) is 5.91 Å². The highest BCUT2D eigenvalue weighted by atomic mass is 19.4. The molecule has 0 aliphatic rings. The third-order valence-electron chi connectivity index (χ3n) is 5.21. The number of hydrogen-bond donors (Lipinski definition) is 2. The van der Waals surface area contributed by atoms with E-state index in [2.05, 4.69) is 15.0 Å². The van der Waals surface area contributed by atoms with E-state index in [0.717, 1.165) is 16.7 Å². The summed E-state index contributed by atoms with van der Waals surface area (Å²) in [7, 11) is 0. The molecule has 0 atom stereocenters. The molecule has 4 aromatic rings. The Morgan fingerprint density at radius 2 is 1.77 bits per heavy atom. The Labute approximate surface area is 196 Å². The van der Waals surface area contributed by atoms with Gasteiger partial charge >= 0.3 is 12.1 Å². The van der Waals surface area contributed by atoms with E-state index >= 15 is 0 Å². The Hall–Kier alpha value is -4.54. The maximum atomic E-state index is 13.1. The molecule has 8 nitrogen and oxygen atoms in total. The maximum Gasteiger partial charge on any atom is 0.573 e. The van der Waals surface area contributed by atoms with Gasteiger partial charge in [0.15, 0.2) is 0 Å². The Kier molecular flexibility index (Phi) is 6.32. The van der Waals surface area contributed by atoms with Crippen molar-refractivity contribution in [1.82, 2.24) is 14.1 Å². The Bertz CT molecular complexity index is 1410. The zero-order chi connectivity index (χ0) is 25.2. The number of rotatable bonds is 6. The van der Waals surface area contributed by atoms with E-state index < -0.39 is 23.7 Å². The van der Waals surface area contributed by atoms with Crippen molar-refractivity contribution in [3.05, 3.63) is 100 Å². The number of nitrogens with one attached hydrogen (secondary N) is 1. The largest absolute Gasteiger partial charge is 0.573 e. The maximum absolute atomic E-state index is 13.1. The van der Waals surface area contributed by atoms with Gasteiger partial charge in [-0.05, 0) is 55.0 Å². The minimum absolute atomic E-state index is 0.0550. The molecule has 0 saturated heterocycles. The average Bonchev–Trinajstić information content (AvgIpc) is 3.03. The van der Waals surface area contributed by atoms with E-state index in [0.29, 0.717) is 11.3 Å². The van der Waals surface area contributed by atoms with Crippen LogP contribution in [-0.2, 0) is 6.54 Å². The van der Waals surface area contributed by atoms with Crippen LogP contribution in [0.3, 0.4) is 0 Å². The molecular weight excluding hydrogens is 465 g/mol. The number of carbonyl (C=O) groups is 1. The van der Waals surface area contributed by atoms with Gasteiger partial charge in [0, 0.05) is 18.1 Å². The quantitative estimate of drug-likeness (QED) is 0.427. The summed E-state index contributed by atoms with van der Waals surface area (Å²) < 4.78 is 43.3. The molecule has 1 amide bonds. The number of pyridine rings is 1. The molecule has 0 spiro atoms. The van der Waals surface area contributed by atoms with Gasteiger partial charge in [-0.15, -0.1) is 13.2 Å². The van der Waals surface area contributed by atoms with Gasteiger partial charge in [-0.25, -0.2) is 9.36 Å². The third-order valence-corrected chi connectivity index (χ3v) is 5.21. The summed E-state index contributed by atoms with van der Waals surface area (Å²) in [6.07, 6.45) is -2.00. The fraction of sp³-hybridized carbons (Fsp3) is 0.125. The number of imidazole rings is 1. The van der Waals surface area contributed by atoms with E-state index in [4.69, 9.17) is 0 Å². The number of amides is 1. The van der Waals surface area contributed by atoms with Crippen LogP contribution in [0.25, 0.3) is 5.69 Å². The predicted molar refractivity (Wildman–Crippen MR) is 121 cm³/mol. The van der Waals surface area contributed by atoms with Gasteiger partial charge in [-0.3, -0.25) is 14.3 Å². The van der Waals surface area contributed by atoms with E-state index in [1.807, 2.05) is 6.07 Å². The van der Waals surface area contributed by atoms with Crippen LogP contribution in [0.2, 0.25) is 0 Å². The van der Waals surface area contributed by atoms with Crippen LogP contribution in [0.15, 0.2) is 77.9 Å². The first-order chi connectivity index (χ1) is 16.6. The van der Waals surface area contributed by atoms with E-state index in [-0.39, 0.29) is 29.4 Å². The summed E-state index contributed by atoms with van der Waals surface area (Å²) in [6.45, 7) is 1.46. The number of alkyl halides is 3. The van der Waals surface area contributed by atoms with Crippen LogP contribution in [-0.4, -0.2) is 31.5 Å². The average molecular weight is 484 g/mol. The second-order valence-electron chi connectivity index (χ2n) is 7.51. The topological polar surface area (TPSA) is 98.4 Å². The monoisotopic (exact) mass is 484 g/mol. The summed E-state index contributed by atoms with van der Waals surface area (Å²) in [5, 5.41) is 13.4. The minimum atomic E-state index is -4.85. The van der Waals surface area contributed by atoms with Gasteiger partial charge in [-0.1, -0.05) is 18.2 Å². The molecule has 2 aromatic carbocycles. The summed E-state index contributed by atoms with van der Waals surface area (Å²) >= 11 is 0. The number of halogens is 3.